The van der Waals surface area contributed by atoms with Crippen LogP contribution >= 0.6 is 15.9 Å². The third-order valence-corrected chi connectivity index (χ3v) is 3.88. The monoisotopic (exact) mass is 319 g/mol. The Morgan fingerprint density at radius 2 is 1.89 bits per heavy atom. The lowest BCUT2D eigenvalue weighted by Crippen LogP contribution is -2.12. The highest BCUT2D eigenvalue weighted by Gasteiger charge is 2.11. The van der Waals surface area contributed by atoms with E-state index in [2.05, 4.69) is 21.2 Å². The second-order valence-electron chi connectivity index (χ2n) is 4.25. The van der Waals surface area contributed by atoms with Gasteiger partial charge in [0.2, 0.25) is 0 Å². The summed E-state index contributed by atoms with van der Waals surface area (Å²) >= 11 is 3.42. The van der Waals surface area contributed by atoms with Gasteiger partial charge in [-0.1, -0.05) is 24.3 Å². The molecule has 0 saturated carbocycles. The van der Waals surface area contributed by atoms with Crippen LogP contribution in [0.5, 0.6) is 0 Å². The van der Waals surface area contributed by atoms with E-state index in [0.29, 0.717) is 11.3 Å². The van der Waals surface area contributed by atoms with Crippen molar-refractivity contribution in [3.63, 3.8) is 0 Å². The van der Waals surface area contributed by atoms with Crippen molar-refractivity contribution in [2.45, 2.75) is 13.5 Å². The van der Waals surface area contributed by atoms with Gasteiger partial charge >= 0.3 is 0 Å². The van der Waals surface area contributed by atoms with Crippen LogP contribution < -0.4 is 5.32 Å². The van der Waals surface area contributed by atoms with Crippen molar-refractivity contribution in [1.29, 1.82) is 0 Å². The van der Waals surface area contributed by atoms with Crippen LogP contribution in [0.3, 0.4) is 0 Å². The summed E-state index contributed by atoms with van der Waals surface area (Å²) in [6.45, 7) is 1.94. The van der Waals surface area contributed by atoms with Crippen molar-refractivity contribution in [2.75, 3.05) is 5.32 Å². The Bertz CT molecular complexity index is 594. The molecule has 2 rings (SSSR count). The van der Waals surface area contributed by atoms with E-state index in [1.165, 1.54) is 0 Å². The minimum Gasteiger partial charge on any atom is -0.392 e. The number of aliphatic hydroxyl groups is 1. The molecule has 0 unspecified atom stereocenters. The zero-order valence-electron chi connectivity index (χ0n) is 10.5. The van der Waals surface area contributed by atoms with Crippen molar-refractivity contribution in [3.8, 4) is 0 Å². The zero-order valence-corrected chi connectivity index (χ0v) is 12.1. The summed E-state index contributed by atoms with van der Waals surface area (Å²) in [5.74, 6) is -0.160. The highest BCUT2D eigenvalue weighted by molar-refractivity contribution is 9.10. The lowest BCUT2D eigenvalue weighted by molar-refractivity contribution is 0.102. The fourth-order valence-electron chi connectivity index (χ4n) is 1.71. The molecular weight excluding hydrogens is 306 g/mol. The molecule has 0 bridgehead atoms. The second kappa shape index (κ2) is 5.99. The van der Waals surface area contributed by atoms with Crippen molar-refractivity contribution in [1.82, 2.24) is 0 Å². The molecular formula is C15H14BrNO2. The van der Waals surface area contributed by atoms with Crippen LogP contribution in [0.4, 0.5) is 5.69 Å². The summed E-state index contributed by atoms with van der Waals surface area (Å²) in [7, 11) is 0. The van der Waals surface area contributed by atoms with Gasteiger partial charge in [0.05, 0.1) is 12.2 Å². The van der Waals surface area contributed by atoms with Gasteiger partial charge in [-0.05, 0) is 52.2 Å². The number of aryl methyl sites for hydroxylation is 1. The number of carbonyl (C=O) groups excluding carboxylic acids is 1. The summed E-state index contributed by atoms with van der Waals surface area (Å²) in [5, 5.41) is 11.8. The van der Waals surface area contributed by atoms with Crippen molar-refractivity contribution in [3.05, 3.63) is 63.6 Å². The first kappa shape index (κ1) is 13.8. The maximum atomic E-state index is 12.2. The fraction of sp³-hybridized carbons (Fsp3) is 0.133. The third-order valence-electron chi connectivity index (χ3n) is 2.83. The minimum atomic E-state index is -0.160. The molecule has 4 heteroatoms. The summed E-state index contributed by atoms with van der Waals surface area (Å²) in [4.78, 5) is 12.2. The van der Waals surface area contributed by atoms with E-state index in [0.717, 1.165) is 15.6 Å². The largest absolute Gasteiger partial charge is 0.392 e. The van der Waals surface area contributed by atoms with E-state index < -0.39 is 0 Å². The molecule has 1 amide bonds. The summed E-state index contributed by atoms with van der Waals surface area (Å²) in [5.41, 5.74) is 3.14. The Balaban J connectivity index is 2.18. The van der Waals surface area contributed by atoms with Crippen molar-refractivity contribution in [2.24, 2.45) is 0 Å². The van der Waals surface area contributed by atoms with Crippen molar-refractivity contribution >= 4 is 27.5 Å². The van der Waals surface area contributed by atoms with Gasteiger partial charge in [0, 0.05) is 10.2 Å². The zero-order chi connectivity index (χ0) is 13.8. The molecule has 0 radical (unpaired) electrons. The van der Waals surface area contributed by atoms with Gasteiger partial charge < -0.3 is 10.4 Å². The smallest absolute Gasteiger partial charge is 0.256 e. The van der Waals surface area contributed by atoms with Crippen LogP contribution in [0.1, 0.15) is 21.5 Å². The van der Waals surface area contributed by atoms with Crippen LogP contribution in [0.25, 0.3) is 0 Å². The Hall–Kier alpha value is -1.65. The normalized spacial score (nSPS) is 10.3. The van der Waals surface area contributed by atoms with Gasteiger partial charge in [-0.2, -0.15) is 0 Å². The summed E-state index contributed by atoms with van der Waals surface area (Å²) < 4.78 is 0.805. The SMILES string of the molecule is Cc1cccc(C(=O)Nc2ccc(CO)cc2)c1Br. The standard InChI is InChI=1S/C15H14BrNO2/c1-10-3-2-4-13(14(10)16)15(19)17-12-7-5-11(9-18)6-8-12/h2-8,18H,9H2,1H3,(H,17,19). The molecule has 0 saturated heterocycles. The van der Waals surface area contributed by atoms with Gasteiger partial charge in [0.25, 0.3) is 5.91 Å². The molecule has 0 fully saturated rings. The first-order chi connectivity index (χ1) is 9.11. The lowest BCUT2D eigenvalue weighted by atomic mass is 10.1. The van der Waals surface area contributed by atoms with E-state index >= 15 is 0 Å². The Morgan fingerprint density at radius 3 is 2.53 bits per heavy atom. The molecule has 0 heterocycles. The van der Waals surface area contributed by atoms with E-state index in [9.17, 15) is 4.79 Å². The lowest BCUT2D eigenvalue weighted by Gasteiger charge is -2.08. The van der Waals surface area contributed by atoms with Crippen molar-refractivity contribution < 1.29 is 9.90 Å². The van der Waals surface area contributed by atoms with Gasteiger partial charge in [0.1, 0.15) is 0 Å². The average molecular weight is 320 g/mol. The van der Waals surface area contributed by atoms with Gasteiger partial charge in [0.15, 0.2) is 0 Å². The molecule has 0 aliphatic carbocycles. The second-order valence-corrected chi connectivity index (χ2v) is 5.04. The Morgan fingerprint density at radius 1 is 1.21 bits per heavy atom. The molecule has 0 aliphatic rings. The number of anilines is 1. The highest BCUT2D eigenvalue weighted by atomic mass is 79.9. The number of nitrogens with one attached hydrogen (secondary N) is 1. The van der Waals surface area contributed by atoms with E-state index in [4.69, 9.17) is 5.11 Å². The topological polar surface area (TPSA) is 49.3 Å². The average Bonchev–Trinajstić information content (AvgIpc) is 2.42. The summed E-state index contributed by atoms with van der Waals surface area (Å²) in [6, 6.07) is 12.7. The molecule has 98 valence electrons. The number of hydrogen-bond acceptors (Lipinski definition) is 2. The molecule has 3 nitrogen and oxygen atoms in total. The molecule has 0 atom stereocenters. The van der Waals surface area contributed by atoms with Gasteiger partial charge in [-0.25, -0.2) is 0 Å². The number of benzene rings is 2. The van der Waals surface area contributed by atoms with E-state index in [1.807, 2.05) is 19.1 Å². The predicted octanol–water partition coefficient (Wildman–Crippen LogP) is 3.50. The van der Waals surface area contributed by atoms with Crippen LogP contribution in [0, 0.1) is 6.92 Å². The van der Waals surface area contributed by atoms with Crippen LogP contribution in [-0.2, 0) is 6.61 Å². The predicted molar refractivity (Wildman–Crippen MR) is 79.2 cm³/mol. The molecule has 0 aliphatic heterocycles. The minimum absolute atomic E-state index is 0.00233. The molecule has 0 spiro atoms. The number of rotatable bonds is 3. The maximum Gasteiger partial charge on any atom is 0.256 e. The Kier molecular flexibility index (Phi) is 4.35. The van der Waals surface area contributed by atoms with Crippen LogP contribution in [0.2, 0.25) is 0 Å². The highest BCUT2D eigenvalue weighted by Crippen LogP contribution is 2.22. The number of carbonyl (C=O) groups is 1. The molecule has 2 N–H and O–H groups in total. The Labute approximate surface area is 120 Å². The molecule has 19 heavy (non-hydrogen) atoms. The third kappa shape index (κ3) is 3.22. The number of hydrogen-bond donors (Lipinski definition) is 2. The fourth-order valence-corrected chi connectivity index (χ4v) is 2.16. The molecule has 2 aromatic carbocycles. The molecule has 0 aromatic heterocycles. The number of amides is 1. The first-order valence-electron chi connectivity index (χ1n) is 5.88. The summed E-state index contributed by atoms with van der Waals surface area (Å²) in [6.07, 6.45) is 0. The quantitative estimate of drug-likeness (QED) is 0.909. The maximum absolute atomic E-state index is 12.2. The number of halogens is 1. The number of aliphatic hydroxyl groups excluding tert-OH is 1. The van der Waals surface area contributed by atoms with E-state index in [-0.39, 0.29) is 12.5 Å². The van der Waals surface area contributed by atoms with Crippen LogP contribution in [-0.4, -0.2) is 11.0 Å². The molecule has 2 aromatic rings. The first-order valence-corrected chi connectivity index (χ1v) is 6.67. The van der Waals surface area contributed by atoms with Gasteiger partial charge in [-0.3, -0.25) is 4.79 Å². The van der Waals surface area contributed by atoms with E-state index in [1.54, 1.807) is 30.3 Å². The van der Waals surface area contributed by atoms with Crippen LogP contribution in [0.15, 0.2) is 46.9 Å². The van der Waals surface area contributed by atoms with Gasteiger partial charge in [-0.15, -0.1) is 0 Å².